The lowest BCUT2D eigenvalue weighted by Gasteiger charge is -2.18. The number of hydrogen-bond donors (Lipinski definition) is 2. The van der Waals surface area contributed by atoms with E-state index in [4.69, 9.17) is 4.42 Å². The van der Waals surface area contributed by atoms with E-state index in [-0.39, 0.29) is 5.76 Å². The second kappa shape index (κ2) is 4.61. The number of hydrogen-bond acceptors (Lipinski definition) is 3. The lowest BCUT2D eigenvalue weighted by molar-refractivity contribution is 0.480. The van der Waals surface area contributed by atoms with Crippen molar-refractivity contribution in [2.45, 2.75) is 32.2 Å². The van der Waals surface area contributed by atoms with Crippen LogP contribution in [0.25, 0.3) is 11.1 Å². The van der Waals surface area contributed by atoms with Gasteiger partial charge in [-0.1, -0.05) is 13.0 Å². The summed E-state index contributed by atoms with van der Waals surface area (Å²) in [5.41, 5.74) is 2.65. The van der Waals surface area contributed by atoms with Gasteiger partial charge in [-0.05, 0) is 49.4 Å². The molecule has 2 aromatic rings. The Kier molecular flexibility index (Phi) is 2.96. The predicted octanol–water partition coefficient (Wildman–Crippen LogP) is 2.57. The summed E-state index contributed by atoms with van der Waals surface area (Å²) >= 11 is 0. The molecular weight excluding hydrogens is 228 g/mol. The molecule has 0 radical (unpaired) electrons. The quantitative estimate of drug-likeness (QED) is 0.852. The van der Waals surface area contributed by atoms with Crippen LogP contribution in [-0.4, -0.2) is 11.5 Å². The summed E-state index contributed by atoms with van der Waals surface area (Å²) in [7, 11) is 0. The summed E-state index contributed by atoms with van der Waals surface area (Å²) in [4.78, 5) is 13.8. The first-order valence-electron chi connectivity index (χ1n) is 6.64. The first-order valence-corrected chi connectivity index (χ1v) is 6.64. The summed E-state index contributed by atoms with van der Waals surface area (Å²) in [6.07, 6.45) is 3.71. The number of benzene rings is 1. The molecule has 4 nitrogen and oxygen atoms in total. The van der Waals surface area contributed by atoms with Crippen LogP contribution in [0.15, 0.2) is 27.4 Å². The highest BCUT2D eigenvalue weighted by molar-refractivity contribution is 5.72. The average Bonchev–Trinajstić information content (AvgIpc) is 3.11. The fourth-order valence-electron chi connectivity index (χ4n) is 2.44. The Morgan fingerprint density at radius 1 is 1.50 bits per heavy atom. The number of nitrogens with one attached hydrogen (secondary N) is 2. The van der Waals surface area contributed by atoms with Gasteiger partial charge < -0.3 is 9.73 Å². The molecule has 0 amide bonds. The molecule has 1 saturated carbocycles. The van der Waals surface area contributed by atoms with Gasteiger partial charge in [-0.3, -0.25) is 4.98 Å². The van der Waals surface area contributed by atoms with E-state index in [0.717, 1.165) is 24.4 Å². The third-order valence-electron chi connectivity index (χ3n) is 3.51. The predicted molar refractivity (Wildman–Crippen MR) is 70.6 cm³/mol. The molecule has 18 heavy (non-hydrogen) atoms. The Morgan fingerprint density at radius 3 is 3.06 bits per heavy atom. The molecule has 1 fully saturated rings. The van der Waals surface area contributed by atoms with Crippen LogP contribution in [-0.2, 0) is 0 Å². The van der Waals surface area contributed by atoms with E-state index in [1.54, 1.807) is 0 Å². The molecule has 1 aromatic carbocycles. The summed E-state index contributed by atoms with van der Waals surface area (Å²) in [5.74, 6) is 0.353. The van der Waals surface area contributed by atoms with Crippen molar-refractivity contribution in [3.63, 3.8) is 0 Å². The topological polar surface area (TPSA) is 58.0 Å². The Bertz CT molecular complexity index is 595. The summed E-state index contributed by atoms with van der Waals surface area (Å²) < 4.78 is 5.12. The molecule has 4 heteroatoms. The van der Waals surface area contributed by atoms with Crippen LogP contribution >= 0.6 is 0 Å². The average molecular weight is 246 g/mol. The number of oxazole rings is 1. The van der Waals surface area contributed by atoms with E-state index in [0.29, 0.717) is 11.6 Å². The van der Waals surface area contributed by atoms with Crippen molar-refractivity contribution in [1.82, 2.24) is 10.3 Å². The Hall–Kier alpha value is -1.55. The molecule has 0 spiro atoms. The van der Waals surface area contributed by atoms with Crippen molar-refractivity contribution in [3.05, 3.63) is 34.3 Å². The third kappa shape index (κ3) is 2.20. The second-order valence-corrected chi connectivity index (χ2v) is 5.04. The monoisotopic (exact) mass is 246 g/mol. The minimum atomic E-state index is -0.383. The van der Waals surface area contributed by atoms with Gasteiger partial charge in [0.2, 0.25) is 0 Å². The molecular formula is C14H18N2O2. The van der Waals surface area contributed by atoms with Crippen molar-refractivity contribution in [1.29, 1.82) is 0 Å². The largest absolute Gasteiger partial charge is 0.417 e. The molecule has 0 saturated heterocycles. The lowest BCUT2D eigenvalue weighted by atomic mass is 10.0. The summed E-state index contributed by atoms with van der Waals surface area (Å²) in [5, 5.41) is 3.59. The van der Waals surface area contributed by atoms with Crippen LogP contribution in [0, 0.1) is 5.92 Å². The molecule has 0 bridgehead atoms. The van der Waals surface area contributed by atoms with Crippen LogP contribution in [0.3, 0.4) is 0 Å². The van der Waals surface area contributed by atoms with E-state index < -0.39 is 0 Å². The molecule has 0 aliphatic heterocycles. The number of H-pyrrole nitrogens is 1. The van der Waals surface area contributed by atoms with Crippen molar-refractivity contribution >= 4 is 11.1 Å². The molecule has 1 unspecified atom stereocenters. The van der Waals surface area contributed by atoms with Gasteiger partial charge in [0.1, 0.15) is 0 Å². The van der Waals surface area contributed by atoms with E-state index in [1.165, 1.54) is 18.4 Å². The van der Waals surface area contributed by atoms with Crippen molar-refractivity contribution in [2.75, 3.05) is 6.54 Å². The van der Waals surface area contributed by atoms with Crippen LogP contribution in [0.4, 0.5) is 0 Å². The SMILES string of the molecule is CCCNC(c1ccc2[nH]c(=O)oc2c1)C1CC1. The smallest absolute Gasteiger partial charge is 0.408 e. The highest BCUT2D eigenvalue weighted by Crippen LogP contribution is 2.41. The number of rotatable bonds is 5. The number of aromatic nitrogens is 1. The zero-order chi connectivity index (χ0) is 12.5. The highest BCUT2D eigenvalue weighted by Gasteiger charge is 2.32. The standard InChI is InChI=1S/C14H18N2O2/c1-2-7-15-13(9-3-4-9)10-5-6-11-12(8-10)18-14(17)16-11/h5-6,8-9,13,15H,2-4,7H2,1H3,(H,16,17). The van der Waals surface area contributed by atoms with E-state index in [1.807, 2.05) is 12.1 Å². The van der Waals surface area contributed by atoms with Gasteiger partial charge >= 0.3 is 5.76 Å². The molecule has 1 heterocycles. The van der Waals surface area contributed by atoms with Gasteiger partial charge in [0, 0.05) is 6.04 Å². The number of aromatic amines is 1. The Morgan fingerprint density at radius 2 is 2.33 bits per heavy atom. The minimum Gasteiger partial charge on any atom is -0.408 e. The van der Waals surface area contributed by atoms with Gasteiger partial charge in [0.25, 0.3) is 0 Å². The van der Waals surface area contributed by atoms with Gasteiger partial charge in [-0.25, -0.2) is 4.79 Å². The van der Waals surface area contributed by atoms with Crippen LogP contribution < -0.4 is 11.1 Å². The second-order valence-electron chi connectivity index (χ2n) is 5.04. The molecule has 1 atom stereocenters. The highest BCUT2D eigenvalue weighted by atomic mass is 16.4. The molecule has 1 aliphatic carbocycles. The minimum absolute atomic E-state index is 0.383. The summed E-state index contributed by atoms with van der Waals surface area (Å²) in [6, 6.07) is 6.39. The fourth-order valence-corrected chi connectivity index (χ4v) is 2.44. The Balaban J connectivity index is 1.92. The van der Waals surface area contributed by atoms with Crippen LogP contribution in [0.1, 0.15) is 37.8 Å². The first-order chi connectivity index (χ1) is 8.78. The zero-order valence-electron chi connectivity index (χ0n) is 10.5. The van der Waals surface area contributed by atoms with Crippen molar-refractivity contribution in [3.8, 4) is 0 Å². The molecule has 3 rings (SSSR count). The van der Waals surface area contributed by atoms with Crippen LogP contribution in [0.2, 0.25) is 0 Å². The lowest BCUT2D eigenvalue weighted by Crippen LogP contribution is -2.23. The molecule has 2 N–H and O–H groups in total. The maximum atomic E-state index is 11.2. The number of fused-ring (bicyclic) bond motifs is 1. The third-order valence-corrected chi connectivity index (χ3v) is 3.51. The van der Waals surface area contributed by atoms with Gasteiger partial charge in [0.15, 0.2) is 5.58 Å². The van der Waals surface area contributed by atoms with Gasteiger partial charge in [-0.2, -0.15) is 0 Å². The van der Waals surface area contributed by atoms with Crippen molar-refractivity contribution < 1.29 is 4.42 Å². The summed E-state index contributed by atoms with van der Waals surface area (Å²) in [6.45, 7) is 3.20. The van der Waals surface area contributed by atoms with E-state index in [2.05, 4.69) is 23.3 Å². The zero-order valence-corrected chi connectivity index (χ0v) is 10.5. The first kappa shape index (κ1) is 11.5. The van der Waals surface area contributed by atoms with Gasteiger partial charge in [0.05, 0.1) is 5.52 Å². The maximum Gasteiger partial charge on any atom is 0.417 e. The van der Waals surface area contributed by atoms with Gasteiger partial charge in [-0.15, -0.1) is 0 Å². The molecule has 1 aliphatic rings. The fraction of sp³-hybridized carbons (Fsp3) is 0.500. The van der Waals surface area contributed by atoms with E-state index in [9.17, 15) is 4.79 Å². The Labute approximate surface area is 105 Å². The normalized spacial score (nSPS) is 17.2. The van der Waals surface area contributed by atoms with E-state index >= 15 is 0 Å². The van der Waals surface area contributed by atoms with Crippen LogP contribution in [0.5, 0.6) is 0 Å². The maximum absolute atomic E-state index is 11.2. The molecule has 1 aromatic heterocycles. The van der Waals surface area contributed by atoms with Crippen molar-refractivity contribution in [2.24, 2.45) is 5.92 Å². The molecule has 96 valence electrons.